The van der Waals surface area contributed by atoms with Gasteiger partial charge in [-0.05, 0) is 0 Å². The van der Waals surface area contributed by atoms with E-state index in [1.54, 1.807) is 4.83 Å². The molecule has 0 aromatic rings. The molecule has 0 aromatic carbocycles. The van der Waals surface area contributed by atoms with Crippen molar-refractivity contribution in [3.8, 4) is 0 Å². The zero-order chi connectivity index (χ0) is 4.20. The van der Waals surface area contributed by atoms with Crippen LogP contribution in [0.15, 0.2) is 0 Å². The van der Waals surface area contributed by atoms with Crippen molar-refractivity contribution in [2.45, 2.75) is 19.3 Å². The van der Waals surface area contributed by atoms with Crippen LogP contribution in [0.2, 0.25) is 0 Å². The first-order valence-electron chi connectivity index (χ1n) is 2.35. The molecule has 1 spiro atoms. The van der Waals surface area contributed by atoms with E-state index < -0.39 is 0 Å². The summed E-state index contributed by atoms with van der Waals surface area (Å²) in [6.07, 6.45) is 4.31. The van der Waals surface area contributed by atoms with Gasteiger partial charge in [-0.15, -0.1) is 0 Å². The maximum Gasteiger partial charge on any atom is 1.00 e. The normalized spacial score (nSPS) is 32.1. The number of halogens is 1. The van der Waals surface area contributed by atoms with E-state index in [1.807, 2.05) is 0 Å². The van der Waals surface area contributed by atoms with Crippen LogP contribution in [-0.2, 0) is 0 Å². The van der Waals surface area contributed by atoms with Crippen molar-refractivity contribution in [3.63, 3.8) is 0 Å². The Kier molecular flexibility index (Phi) is 1.35. The molecule has 2 heteroatoms. The molecule has 0 amide bonds. The van der Waals surface area contributed by atoms with Crippen LogP contribution in [0, 0.1) is 10.2 Å². The largest absolute Gasteiger partial charge is 1.00 e. The Labute approximate surface area is 64.4 Å². The third-order valence-electron chi connectivity index (χ3n) is 1.80. The molecule has 2 aliphatic carbocycles. The summed E-state index contributed by atoms with van der Waals surface area (Å²) in [5.41, 5.74) is 0.792. The summed E-state index contributed by atoms with van der Waals surface area (Å²) in [5, 5.41) is 0. The molecule has 0 aliphatic heterocycles. The van der Waals surface area contributed by atoms with E-state index in [2.05, 4.69) is 15.9 Å². The third-order valence-corrected chi connectivity index (χ3v) is 2.92. The Hall–Kier alpha value is 1.08. The molecule has 0 radical (unpaired) electrons. The van der Waals surface area contributed by atoms with E-state index in [0.29, 0.717) is 0 Å². The standard InChI is InChI=1S/C5H6Br.Li/c6-4-3-5(4)1-2-5;/h1-3H2;/q-1;+1. The van der Waals surface area contributed by atoms with Gasteiger partial charge in [0.2, 0.25) is 0 Å². The molecule has 0 unspecified atom stereocenters. The summed E-state index contributed by atoms with van der Waals surface area (Å²) in [5.74, 6) is 0. The van der Waals surface area contributed by atoms with Gasteiger partial charge in [0.1, 0.15) is 0 Å². The third kappa shape index (κ3) is 0.803. The van der Waals surface area contributed by atoms with E-state index in [-0.39, 0.29) is 18.9 Å². The Morgan fingerprint density at radius 2 is 1.86 bits per heavy atom. The van der Waals surface area contributed by atoms with Gasteiger partial charge in [0.25, 0.3) is 0 Å². The molecule has 2 rings (SSSR count). The van der Waals surface area contributed by atoms with Crippen molar-refractivity contribution in [1.29, 1.82) is 0 Å². The molecule has 0 heterocycles. The van der Waals surface area contributed by atoms with E-state index in [0.717, 1.165) is 5.41 Å². The first kappa shape index (κ1) is 6.20. The summed E-state index contributed by atoms with van der Waals surface area (Å²) in [6, 6.07) is 0. The number of hydrogen-bond acceptors (Lipinski definition) is 0. The second-order valence-corrected chi connectivity index (χ2v) is 3.32. The average Bonchev–Trinajstić information content (AvgIpc) is 2.25. The minimum absolute atomic E-state index is 0. The first-order chi connectivity index (χ1) is 2.83. The maximum atomic E-state index is 3.48. The van der Waals surface area contributed by atoms with E-state index in [1.165, 1.54) is 19.3 Å². The van der Waals surface area contributed by atoms with Crippen LogP contribution in [0.1, 0.15) is 19.3 Å². The molecular weight excluding hydrogens is 147 g/mol. The molecule has 0 N–H and O–H groups in total. The quantitative estimate of drug-likeness (QED) is 0.312. The molecule has 0 saturated heterocycles. The summed E-state index contributed by atoms with van der Waals surface area (Å²) in [7, 11) is 0. The average molecular weight is 153 g/mol. The van der Waals surface area contributed by atoms with Crippen LogP contribution < -0.4 is 18.9 Å². The second kappa shape index (κ2) is 1.53. The Balaban J connectivity index is 0.000000245. The van der Waals surface area contributed by atoms with E-state index >= 15 is 0 Å². The van der Waals surface area contributed by atoms with Crippen LogP contribution in [0.4, 0.5) is 0 Å². The fourth-order valence-electron chi connectivity index (χ4n) is 0.852. The Bertz CT molecular complexity index is 88.1. The Morgan fingerprint density at radius 1 is 1.43 bits per heavy atom. The summed E-state index contributed by atoms with van der Waals surface area (Å²) >= 11 is 3.48. The van der Waals surface area contributed by atoms with Crippen LogP contribution >= 0.6 is 15.9 Å². The Morgan fingerprint density at radius 3 is 1.86 bits per heavy atom. The molecule has 2 saturated carbocycles. The minimum Gasteiger partial charge on any atom is -0.316 e. The van der Waals surface area contributed by atoms with Crippen molar-refractivity contribution in [1.82, 2.24) is 0 Å². The SMILES string of the molecule is Br[C-]1CC12CC2.[Li+]. The first-order valence-corrected chi connectivity index (χ1v) is 3.15. The maximum absolute atomic E-state index is 3.48. The van der Waals surface area contributed by atoms with Crippen molar-refractivity contribution < 1.29 is 18.9 Å². The molecule has 7 heavy (non-hydrogen) atoms. The van der Waals surface area contributed by atoms with Crippen molar-refractivity contribution >= 4 is 15.9 Å². The number of rotatable bonds is 0. The van der Waals surface area contributed by atoms with Crippen LogP contribution in [-0.4, -0.2) is 0 Å². The fourth-order valence-corrected chi connectivity index (χ4v) is 1.79. The fraction of sp³-hybridized carbons (Fsp3) is 0.800. The van der Waals surface area contributed by atoms with Gasteiger partial charge < -0.3 is 15.9 Å². The summed E-state index contributed by atoms with van der Waals surface area (Å²) in [6.45, 7) is 0. The van der Waals surface area contributed by atoms with Gasteiger partial charge in [0.05, 0.1) is 0 Å². The molecule has 0 nitrogen and oxygen atoms in total. The topological polar surface area (TPSA) is 0 Å². The molecule has 2 aliphatic rings. The predicted molar refractivity (Wildman–Crippen MR) is 28.5 cm³/mol. The van der Waals surface area contributed by atoms with Crippen LogP contribution in [0.3, 0.4) is 0 Å². The summed E-state index contributed by atoms with van der Waals surface area (Å²) in [4.78, 5) is 1.58. The van der Waals surface area contributed by atoms with E-state index in [4.69, 9.17) is 0 Å². The van der Waals surface area contributed by atoms with Crippen LogP contribution in [0.5, 0.6) is 0 Å². The smallest absolute Gasteiger partial charge is 0.316 e. The molecule has 2 fully saturated rings. The molecule has 34 valence electrons. The monoisotopic (exact) mass is 152 g/mol. The zero-order valence-corrected chi connectivity index (χ0v) is 6.09. The van der Waals surface area contributed by atoms with Crippen molar-refractivity contribution in [2.24, 2.45) is 5.41 Å². The van der Waals surface area contributed by atoms with Gasteiger partial charge in [-0.2, -0.15) is 11.8 Å². The molecule has 0 atom stereocenters. The van der Waals surface area contributed by atoms with Crippen molar-refractivity contribution in [2.75, 3.05) is 0 Å². The molecule has 0 bridgehead atoms. The predicted octanol–water partition coefficient (Wildman–Crippen LogP) is -0.899. The van der Waals surface area contributed by atoms with Crippen molar-refractivity contribution in [3.05, 3.63) is 4.83 Å². The van der Waals surface area contributed by atoms with Gasteiger partial charge in [-0.3, -0.25) is 0 Å². The van der Waals surface area contributed by atoms with Gasteiger partial charge in [0.15, 0.2) is 0 Å². The van der Waals surface area contributed by atoms with Crippen LogP contribution in [0.25, 0.3) is 0 Å². The second-order valence-electron chi connectivity index (χ2n) is 2.36. The number of hydrogen-bond donors (Lipinski definition) is 0. The zero-order valence-electron chi connectivity index (χ0n) is 4.50. The minimum atomic E-state index is 0. The van der Waals surface area contributed by atoms with Gasteiger partial charge in [-0.1, -0.05) is 12.8 Å². The van der Waals surface area contributed by atoms with Gasteiger partial charge in [0, 0.05) is 0 Å². The molecular formula is C5H6BrLi. The molecule has 0 aromatic heterocycles. The van der Waals surface area contributed by atoms with Gasteiger partial charge >= 0.3 is 18.9 Å². The van der Waals surface area contributed by atoms with E-state index in [9.17, 15) is 0 Å². The summed E-state index contributed by atoms with van der Waals surface area (Å²) < 4.78 is 0. The van der Waals surface area contributed by atoms with Gasteiger partial charge in [-0.25, -0.2) is 4.83 Å².